The van der Waals surface area contributed by atoms with Crippen LogP contribution in [0.1, 0.15) is 56.4 Å². The summed E-state index contributed by atoms with van der Waals surface area (Å²) in [5.41, 5.74) is 5.13. The van der Waals surface area contributed by atoms with Gasteiger partial charge < -0.3 is 24.7 Å². The molecule has 4 heterocycles. The van der Waals surface area contributed by atoms with Crippen LogP contribution in [-0.4, -0.2) is 53.1 Å². The van der Waals surface area contributed by atoms with Gasteiger partial charge in [-0.3, -0.25) is 14.6 Å². The molecule has 1 fully saturated rings. The highest BCUT2D eigenvalue weighted by Crippen LogP contribution is 2.37. The Morgan fingerprint density at radius 3 is 2.74 bits per heavy atom. The van der Waals surface area contributed by atoms with E-state index in [0.717, 1.165) is 36.2 Å². The lowest BCUT2D eigenvalue weighted by Gasteiger charge is -2.32. The second-order valence-electron chi connectivity index (χ2n) is 9.86. The number of pyridine rings is 1. The molecule has 0 atom stereocenters. The first-order valence-electron chi connectivity index (χ1n) is 13.1. The van der Waals surface area contributed by atoms with Crippen molar-refractivity contribution in [2.24, 2.45) is 0 Å². The van der Waals surface area contributed by atoms with Crippen LogP contribution in [0.25, 0.3) is 10.9 Å². The smallest absolute Gasteiger partial charge is 0.257 e. The lowest BCUT2D eigenvalue weighted by atomic mass is 9.89. The molecule has 2 aliphatic rings. The maximum atomic E-state index is 13.2. The molecule has 2 aromatic heterocycles. The van der Waals surface area contributed by atoms with Crippen molar-refractivity contribution in [3.63, 3.8) is 0 Å². The summed E-state index contributed by atoms with van der Waals surface area (Å²) in [6.45, 7) is 3.79. The van der Waals surface area contributed by atoms with Gasteiger partial charge in [-0.25, -0.2) is 0 Å². The normalized spacial score (nSPS) is 15.1. The molecular formula is C30H30N4O4. The summed E-state index contributed by atoms with van der Waals surface area (Å²) < 4.78 is 11.0. The highest BCUT2D eigenvalue weighted by Gasteiger charge is 2.31. The molecule has 0 bridgehead atoms. The van der Waals surface area contributed by atoms with E-state index in [9.17, 15) is 9.59 Å². The number of fused-ring (bicyclic) bond motifs is 2. The van der Waals surface area contributed by atoms with Gasteiger partial charge in [-0.15, -0.1) is 0 Å². The fourth-order valence-corrected chi connectivity index (χ4v) is 5.45. The van der Waals surface area contributed by atoms with Gasteiger partial charge in [-0.2, -0.15) is 0 Å². The van der Waals surface area contributed by atoms with Crippen molar-refractivity contribution < 1.29 is 19.1 Å². The Balaban J connectivity index is 1.11. The van der Waals surface area contributed by atoms with Crippen molar-refractivity contribution >= 4 is 22.7 Å². The van der Waals surface area contributed by atoms with Gasteiger partial charge in [0.15, 0.2) is 11.5 Å². The zero-order valence-corrected chi connectivity index (χ0v) is 21.3. The van der Waals surface area contributed by atoms with Crippen LogP contribution in [0.2, 0.25) is 0 Å². The minimum atomic E-state index is -0.108. The number of para-hydroxylation sites is 2. The number of hydrogen-bond acceptors (Lipinski definition) is 5. The minimum absolute atomic E-state index is 0.0572. The van der Waals surface area contributed by atoms with Gasteiger partial charge >= 0.3 is 0 Å². The molecule has 4 aromatic rings. The number of nitrogens with one attached hydrogen (secondary N) is 2. The average molecular weight is 511 g/mol. The van der Waals surface area contributed by atoms with E-state index in [0.29, 0.717) is 42.3 Å². The molecule has 2 amide bonds. The fourth-order valence-electron chi connectivity index (χ4n) is 5.45. The predicted octanol–water partition coefficient (Wildman–Crippen LogP) is 4.59. The summed E-state index contributed by atoms with van der Waals surface area (Å²) in [6, 6.07) is 17.3. The molecule has 0 saturated carbocycles. The summed E-state index contributed by atoms with van der Waals surface area (Å²) in [4.78, 5) is 36.4. The number of aromatic amines is 1. The minimum Gasteiger partial charge on any atom is -0.454 e. The van der Waals surface area contributed by atoms with Crippen LogP contribution in [-0.2, 0) is 6.42 Å². The monoisotopic (exact) mass is 510 g/mol. The van der Waals surface area contributed by atoms with Crippen LogP contribution < -0.4 is 14.8 Å². The number of amides is 2. The summed E-state index contributed by atoms with van der Waals surface area (Å²) in [6.07, 6.45) is 4.23. The van der Waals surface area contributed by atoms with Crippen molar-refractivity contribution in [1.82, 2.24) is 20.2 Å². The molecule has 2 N–H and O–H groups in total. The Bertz CT molecular complexity index is 1500. The third kappa shape index (κ3) is 4.58. The molecule has 0 unspecified atom stereocenters. The molecule has 2 aliphatic heterocycles. The topological polar surface area (TPSA) is 96.6 Å². The molecule has 2 aromatic carbocycles. The number of nitrogens with zero attached hydrogens (tertiary/aromatic N) is 2. The van der Waals surface area contributed by atoms with E-state index in [-0.39, 0.29) is 24.5 Å². The molecule has 0 radical (unpaired) electrons. The number of hydrogen-bond donors (Lipinski definition) is 2. The largest absolute Gasteiger partial charge is 0.454 e. The Kier molecular flexibility index (Phi) is 6.45. The van der Waals surface area contributed by atoms with Gasteiger partial charge in [0.1, 0.15) is 0 Å². The van der Waals surface area contributed by atoms with Crippen molar-refractivity contribution in [2.45, 2.75) is 32.1 Å². The van der Waals surface area contributed by atoms with Gasteiger partial charge in [-0.1, -0.05) is 24.3 Å². The summed E-state index contributed by atoms with van der Waals surface area (Å²) >= 11 is 0. The first kappa shape index (κ1) is 24.0. The molecule has 0 aliphatic carbocycles. The zero-order chi connectivity index (χ0) is 26.1. The maximum absolute atomic E-state index is 13.2. The molecule has 194 valence electrons. The molecule has 8 nitrogen and oxygen atoms in total. The van der Waals surface area contributed by atoms with Crippen molar-refractivity contribution in [3.8, 4) is 11.5 Å². The van der Waals surface area contributed by atoms with Gasteiger partial charge in [0, 0.05) is 48.3 Å². The zero-order valence-electron chi connectivity index (χ0n) is 21.3. The number of rotatable bonds is 6. The van der Waals surface area contributed by atoms with Crippen molar-refractivity contribution in [3.05, 3.63) is 88.9 Å². The molecular weight excluding hydrogens is 480 g/mol. The van der Waals surface area contributed by atoms with Crippen LogP contribution in [0, 0.1) is 6.92 Å². The van der Waals surface area contributed by atoms with Crippen LogP contribution in [0.15, 0.2) is 60.8 Å². The second kappa shape index (κ2) is 10.2. The third-order valence-corrected chi connectivity index (χ3v) is 7.46. The standard InChI is InChI=1S/C30H30N4O4/c1-19-9-10-23(29(35)31-14-11-21-17-32-25-7-3-2-5-22(21)25)27(33-19)20-12-15-34(16-13-20)30(36)24-6-4-8-26-28(24)38-18-37-26/h2-10,17,20,32H,11-16,18H2,1H3,(H,31,35). The van der Waals surface area contributed by atoms with Gasteiger partial charge in [-0.05, 0) is 62.1 Å². The molecule has 38 heavy (non-hydrogen) atoms. The van der Waals surface area contributed by atoms with E-state index >= 15 is 0 Å². The number of aromatic nitrogens is 2. The fraction of sp³-hybridized carbons (Fsp3) is 0.300. The van der Waals surface area contributed by atoms with E-state index in [1.165, 1.54) is 10.9 Å². The Morgan fingerprint density at radius 2 is 1.87 bits per heavy atom. The number of aryl methyl sites for hydroxylation is 1. The van der Waals surface area contributed by atoms with E-state index in [1.807, 2.05) is 54.4 Å². The van der Waals surface area contributed by atoms with E-state index < -0.39 is 0 Å². The first-order chi connectivity index (χ1) is 18.6. The number of ether oxygens (including phenoxy) is 2. The number of likely N-dealkylation sites (tertiary alicyclic amines) is 1. The maximum Gasteiger partial charge on any atom is 0.257 e. The van der Waals surface area contributed by atoms with Crippen LogP contribution in [0.5, 0.6) is 11.5 Å². The van der Waals surface area contributed by atoms with Gasteiger partial charge in [0.2, 0.25) is 6.79 Å². The van der Waals surface area contributed by atoms with Crippen LogP contribution in [0.4, 0.5) is 0 Å². The summed E-state index contributed by atoms with van der Waals surface area (Å²) in [5, 5.41) is 4.27. The number of H-pyrrole nitrogens is 1. The van der Waals surface area contributed by atoms with E-state index in [1.54, 1.807) is 6.07 Å². The number of carbonyl (C=O) groups is 2. The number of piperidine rings is 1. The van der Waals surface area contributed by atoms with Crippen molar-refractivity contribution in [1.29, 1.82) is 0 Å². The Labute approximate surface area is 221 Å². The average Bonchev–Trinajstić information content (AvgIpc) is 3.60. The second-order valence-corrected chi connectivity index (χ2v) is 9.86. The quantitative estimate of drug-likeness (QED) is 0.396. The highest BCUT2D eigenvalue weighted by atomic mass is 16.7. The van der Waals surface area contributed by atoms with E-state index in [2.05, 4.69) is 22.4 Å². The van der Waals surface area contributed by atoms with E-state index in [4.69, 9.17) is 14.5 Å². The molecule has 1 saturated heterocycles. The lowest BCUT2D eigenvalue weighted by molar-refractivity contribution is 0.0706. The summed E-state index contributed by atoms with van der Waals surface area (Å²) in [5.74, 6) is 1.07. The van der Waals surface area contributed by atoms with Crippen LogP contribution in [0.3, 0.4) is 0 Å². The van der Waals surface area contributed by atoms with Crippen LogP contribution >= 0.6 is 0 Å². The van der Waals surface area contributed by atoms with Gasteiger partial charge in [0.05, 0.1) is 16.8 Å². The number of benzene rings is 2. The predicted molar refractivity (Wildman–Crippen MR) is 144 cm³/mol. The Hall–Kier alpha value is -4.33. The molecule has 8 heteroatoms. The molecule has 0 spiro atoms. The third-order valence-electron chi connectivity index (χ3n) is 7.46. The summed E-state index contributed by atoms with van der Waals surface area (Å²) in [7, 11) is 0. The lowest BCUT2D eigenvalue weighted by Crippen LogP contribution is -2.38. The van der Waals surface area contributed by atoms with Gasteiger partial charge in [0.25, 0.3) is 11.8 Å². The highest BCUT2D eigenvalue weighted by molar-refractivity contribution is 5.98. The SMILES string of the molecule is Cc1ccc(C(=O)NCCc2c[nH]c3ccccc23)c(C2CCN(C(=O)c3cccc4c3OCO4)CC2)n1. The number of carbonyl (C=O) groups excluding carboxylic acids is 2. The van der Waals surface area contributed by atoms with Crippen molar-refractivity contribution in [2.75, 3.05) is 26.4 Å². The molecule has 6 rings (SSSR count). The Morgan fingerprint density at radius 1 is 1.03 bits per heavy atom. The first-order valence-corrected chi connectivity index (χ1v) is 13.1.